The molecule has 0 radical (unpaired) electrons. The van der Waals surface area contributed by atoms with Crippen LogP contribution in [0.3, 0.4) is 0 Å². The van der Waals surface area contributed by atoms with Crippen LogP contribution >= 0.6 is 0 Å². The Labute approximate surface area is 109 Å². The Morgan fingerprint density at radius 3 is 2.83 bits per heavy atom. The Morgan fingerprint density at radius 2 is 2.17 bits per heavy atom. The lowest BCUT2D eigenvalue weighted by Gasteiger charge is -2.31. The number of ether oxygens (including phenoxy) is 2. The molecule has 0 aliphatic carbocycles. The molecule has 1 aromatic carbocycles. The molecule has 3 nitrogen and oxygen atoms in total. The summed E-state index contributed by atoms with van der Waals surface area (Å²) in [4.78, 5) is 0. The minimum Gasteiger partial charge on any atom is -0.383 e. The van der Waals surface area contributed by atoms with Crippen molar-refractivity contribution in [2.45, 2.75) is 38.0 Å². The Morgan fingerprint density at radius 1 is 1.39 bits per heavy atom. The first kappa shape index (κ1) is 13.5. The molecule has 1 aliphatic heterocycles. The molecule has 0 bridgehead atoms. The Bertz CT molecular complexity index is 342. The van der Waals surface area contributed by atoms with Crippen molar-refractivity contribution >= 4 is 0 Å². The van der Waals surface area contributed by atoms with Crippen molar-refractivity contribution in [2.24, 2.45) is 0 Å². The van der Waals surface area contributed by atoms with Gasteiger partial charge in [-0.05, 0) is 25.3 Å². The van der Waals surface area contributed by atoms with Crippen molar-refractivity contribution in [1.82, 2.24) is 5.32 Å². The summed E-state index contributed by atoms with van der Waals surface area (Å²) in [5.74, 6) is 0. The maximum Gasteiger partial charge on any atom is 0.0657 e. The predicted molar refractivity (Wildman–Crippen MR) is 72.6 cm³/mol. The van der Waals surface area contributed by atoms with Crippen LogP contribution in [0.4, 0.5) is 0 Å². The van der Waals surface area contributed by atoms with E-state index in [9.17, 15) is 0 Å². The quantitative estimate of drug-likeness (QED) is 0.870. The van der Waals surface area contributed by atoms with E-state index in [0.717, 1.165) is 19.4 Å². The van der Waals surface area contributed by atoms with Gasteiger partial charge in [0.05, 0.1) is 18.8 Å². The molecule has 1 N–H and O–H groups in total. The summed E-state index contributed by atoms with van der Waals surface area (Å²) in [7, 11) is 1.75. The monoisotopic (exact) mass is 249 g/mol. The first-order chi connectivity index (χ1) is 8.79. The van der Waals surface area contributed by atoms with E-state index in [0.29, 0.717) is 18.8 Å². The normalized spacial score (nSPS) is 25.9. The third kappa shape index (κ3) is 3.80. The second-order valence-corrected chi connectivity index (χ2v) is 4.99. The van der Waals surface area contributed by atoms with E-state index in [1.54, 1.807) is 7.11 Å². The molecule has 0 aromatic heterocycles. The highest BCUT2D eigenvalue weighted by atomic mass is 16.5. The van der Waals surface area contributed by atoms with Gasteiger partial charge in [-0.3, -0.25) is 0 Å². The van der Waals surface area contributed by atoms with Crippen LogP contribution in [0, 0.1) is 0 Å². The topological polar surface area (TPSA) is 30.5 Å². The van der Waals surface area contributed by atoms with Gasteiger partial charge < -0.3 is 14.8 Å². The van der Waals surface area contributed by atoms with Gasteiger partial charge in [-0.15, -0.1) is 0 Å². The van der Waals surface area contributed by atoms with Gasteiger partial charge in [0.15, 0.2) is 0 Å². The van der Waals surface area contributed by atoms with E-state index in [-0.39, 0.29) is 6.04 Å². The standard InChI is InChI=1S/C15H23NO2/c1-12-10-14(8-9-18-12)16-15(11-17-2)13-6-4-3-5-7-13/h3-7,12,14-16H,8-11H2,1-2H3. The fourth-order valence-electron chi connectivity index (χ4n) is 2.53. The summed E-state index contributed by atoms with van der Waals surface area (Å²) >= 11 is 0. The Balaban J connectivity index is 1.97. The predicted octanol–water partition coefficient (Wildman–Crippen LogP) is 2.53. The number of methoxy groups -OCH3 is 1. The van der Waals surface area contributed by atoms with Crippen molar-refractivity contribution in [3.05, 3.63) is 35.9 Å². The molecule has 3 unspecified atom stereocenters. The molecule has 0 amide bonds. The lowest BCUT2D eigenvalue weighted by atomic mass is 10.0. The Kier molecular flexibility index (Phi) is 5.17. The van der Waals surface area contributed by atoms with E-state index in [4.69, 9.17) is 9.47 Å². The molecule has 1 aromatic rings. The van der Waals surface area contributed by atoms with Crippen LogP contribution in [0.25, 0.3) is 0 Å². The van der Waals surface area contributed by atoms with Crippen LogP contribution in [0.5, 0.6) is 0 Å². The minimum absolute atomic E-state index is 0.270. The van der Waals surface area contributed by atoms with Crippen molar-refractivity contribution < 1.29 is 9.47 Å². The highest BCUT2D eigenvalue weighted by molar-refractivity contribution is 5.19. The number of rotatable bonds is 5. The summed E-state index contributed by atoms with van der Waals surface area (Å²) in [6.07, 6.45) is 2.51. The largest absolute Gasteiger partial charge is 0.383 e. The number of hydrogen-bond acceptors (Lipinski definition) is 3. The van der Waals surface area contributed by atoms with Crippen molar-refractivity contribution in [3.63, 3.8) is 0 Å². The summed E-state index contributed by atoms with van der Waals surface area (Å²) in [5.41, 5.74) is 1.29. The molecule has 3 heteroatoms. The molecular formula is C15H23NO2. The van der Waals surface area contributed by atoms with E-state index >= 15 is 0 Å². The maximum absolute atomic E-state index is 5.58. The lowest BCUT2D eigenvalue weighted by molar-refractivity contribution is 0.00874. The molecule has 18 heavy (non-hydrogen) atoms. The SMILES string of the molecule is COCC(NC1CCOC(C)C1)c1ccccc1. The Hall–Kier alpha value is -0.900. The maximum atomic E-state index is 5.58. The molecule has 1 aliphatic rings. The second-order valence-electron chi connectivity index (χ2n) is 4.99. The lowest BCUT2D eigenvalue weighted by Crippen LogP contribution is -2.41. The number of nitrogens with one attached hydrogen (secondary N) is 1. The summed E-state index contributed by atoms with van der Waals surface area (Å²) in [6, 6.07) is 11.3. The summed E-state index contributed by atoms with van der Waals surface area (Å²) in [5, 5.41) is 3.70. The number of benzene rings is 1. The molecule has 0 spiro atoms. The van der Waals surface area contributed by atoms with Crippen LogP contribution in [-0.2, 0) is 9.47 Å². The molecule has 1 fully saturated rings. The van der Waals surface area contributed by atoms with Crippen molar-refractivity contribution in [3.8, 4) is 0 Å². The molecule has 1 heterocycles. The van der Waals surface area contributed by atoms with Crippen LogP contribution in [0.15, 0.2) is 30.3 Å². The third-order valence-corrected chi connectivity index (χ3v) is 3.46. The van der Waals surface area contributed by atoms with Gasteiger partial charge in [0.1, 0.15) is 0 Å². The van der Waals surface area contributed by atoms with Gasteiger partial charge in [-0.2, -0.15) is 0 Å². The fraction of sp³-hybridized carbons (Fsp3) is 0.600. The van der Waals surface area contributed by atoms with Gasteiger partial charge in [0, 0.05) is 19.8 Å². The smallest absolute Gasteiger partial charge is 0.0657 e. The second kappa shape index (κ2) is 6.88. The van der Waals surface area contributed by atoms with E-state index in [1.807, 2.05) is 6.07 Å². The molecular weight excluding hydrogens is 226 g/mol. The zero-order valence-corrected chi connectivity index (χ0v) is 11.3. The molecule has 2 rings (SSSR count). The van der Waals surface area contributed by atoms with Gasteiger partial charge in [0.2, 0.25) is 0 Å². The molecule has 100 valence electrons. The van der Waals surface area contributed by atoms with E-state index < -0.39 is 0 Å². The highest BCUT2D eigenvalue weighted by Gasteiger charge is 2.22. The van der Waals surface area contributed by atoms with Crippen LogP contribution < -0.4 is 5.32 Å². The summed E-state index contributed by atoms with van der Waals surface area (Å²) < 4.78 is 10.9. The first-order valence-electron chi connectivity index (χ1n) is 6.71. The summed E-state index contributed by atoms with van der Waals surface area (Å²) in [6.45, 7) is 3.70. The van der Waals surface area contributed by atoms with Gasteiger partial charge in [-0.25, -0.2) is 0 Å². The van der Waals surface area contributed by atoms with Crippen molar-refractivity contribution in [2.75, 3.05) is 20.3 Å². The highest BCUT2D eigenvalue weighted by Crippen LogP contribution is 2.19. The zero-order valence-electron chi connectivity index (χ0n) is 11.3. The third-order valence-electron chi connectivity index (χ3n) is 3.46. The average molecular weight is 249 g/mol. The molecule has 1 saturated heterocycles. The zero-order chi connectivity index (χ0) is 12.8. The van der Waals surface area contributed by atoms with Crippen LogP contribution in [0.2, 0.25) is 0 Å². The van der Waals surface area contributed by atoms with Gasteiger partial charge in [-0.1, -0.05) is 30.3 Å². The van der Waals surface area contributed by atoms with E-state index in [2.05, 4.69) is 36.5 Å². The van der Waals surface area contributed by atoms with Crippen LogP contribution in [0.1, 0.15) is 31.4 Å². The van der Waals surface area contributed by atoms with Gasteiger partial charge in [0.25, 0.3) is 0 Å². The van der Waals surface area contributed by atoms with E-state index in [1.165, 1.54) is 5.56 Å². The fourth-order valence-corrected chi connectivity index (χ4v) is 2.53. The number of hydrogen-bond donors (Lipinski definition) is 1. The minimum atomic E-state index is 0.270. The average Bonchev–Trinajstić information content (AvgIpc) is 2.39. The van der Waals surface area contributed by atoms with Crippen LogP contribution in [-0.4, -0.2) is 32.5 Å². The molecule has 3 atom stereocenters. The van der Waals surface area contributed by atoms with Crippen molar-refractivity contribution in [1.29, 1.82) is 0 Å². The molecule has 0 saturated carbocycles. The first-order valence-corrected chi connectivity index (χ1v) is 6.71. The van der Waals surface area contributed by atoms with Gasteiger partial charge >= 0.3 is 0 Å².